The molecule has 2 aliphatic rings. The number of halogens is 1. The van der Waals surface area contributed by atoms with Gasteiger partial charge >= 0.3 is 6.09 Å². The fraction of sp³-hybridized carbons (Fsp3) is 0.267. The zero-order valence-electron chi connectivity index (χ0n) is 23.4. The molecular weight excluding hydrogens is 555 g/mol. The summed E-state index contributed by atoms with van der Waals surface area (Å²) in [7, 11) is 0. The lowest BCUT2D eigenvalue weighted by Crippen LogP contribution is -2.47. The van der Waals surface area contributed by atoms with Crippen molar-refractivity contribution >= 4 is 35.0 Å². The number of hydrogen-bond donors (Lipinski definition) is 2. The molecule has 3 amide bonds. The Labute approximate surface area is 246 Å². The van der Waals surface area contributed by atoms with Crippen molar-refractivity contribution in [2.75, 3.05) is 28.0 Å². The number of aromatic amines is 1. The largest absolute Gasteiger partial charge is 0.431 e. The number of para-hydroxylation sites is 2. The van der Waals surface area contributed by atoms with E-state index in [1.165, 1.54) is 22.6 Å². The van der Waals surface area contributed by atoms with E-state index < -0.39 is 24.4 Å². The van der Waals surface area contributed by atoms with E-state index in [2.05, 4.69) is 32.0 Å². The van der Waals surface area contributed by atoms with Crippen LogP contribution in [0.25, 0.3) is 0 Å². The van der Waals surface area contributed by atoms with Gasteiger partial charge in [0.1, 0.15) is 12.2 Å². The first-order valence-corrected chi connectivity index (χ1v) is 13.9. The van der Waals surface area contributed by atoms with Gasteiger partial charge in [0.2, 0.25) is 0 Å². The van der Waals surface area contributed by atoms with E-state index in [1.54, 1.807) is 18.2 Å². The molecule has 3 aromatic carbocycles. The number of benzene rings is 3. The van der Waals surface area contributed by atoms with E-state index in [0.717, 1.165) is 41.1 Å². The van der Waals surface area contributed by atoms with Crippen molar-refractivity contribution < 1.29 is 23.6 Å². The predicted octanol–water partition coefficient (Wildman–Crippen LogP) is 3.82. The maximum absolute atomic E-state index is 14.9. The quantitative estimate of drug-likeness (QED) is 0.349. The van der Waals surface area contributed by atoms with E-state index >= 15 is 0 Å². The van der Waals surface area contributed by atoms with Crippen LogP contribution >= 0.6 is 0 Å². The molecule has 13 heteroatoms. The second-order valence-corrected chi connectivity index (χ2v) is 10.4. The smallest absolute Gasteiger partial charge is 0.321 e. The van der Waals surface area contributed by atoms with E-state index in [4.69, 9.17) is 4.84 Å². The Hall–Kier alpha value is -5.33. The Balaban J connectivity index is 1.12. The van der Waals surface area contributed by atoms with Gasteiger partial charge in [0.05, 0.1) is 12.2 Å². The highest BCUT2D eigenvalue weighted by atomic mass is 19.1. The van der Waals surface area contributed by atoms with Crippen molar-refractivity contribution in [2.45, 2.75) is 39.3 Å². The van der Waals surface area contributed by atoms with Gasteiger partial charge in [-0.15, -0.1) is 10.2 Å². The van der Waals surface area contributed by atoms with Gasteiger partial charge in [-0.1, -0.05) is 35.5 Å². The summed E-state index contributed by atoms with van der Waals surface area (Å²) in [6.45, 7) is 2.18. The number of aryl methyl sites for hydroxylation is 2. The Morgan fingerprint density at radius 1 is 1.07 bits per heavy atom. The van der Waals surface area contributed by atoms with Gasteiger partial charge in [0.15, 0.2) is 11.6 Å². The van der Waals surface area contributed by atoms with Crippen molar-refractivity contribution in [1.82, 2.24) is 25.9 Å². The van der Waals surface area contributed by atoms with E-state index in [0.29, 0.717) is 12.1 Å². The van der Waals surface area contributed by atoms with Crippen LogP contribution in [0.1, 0.15) is 45.7 Å². The number of tetrazole rings is 1. The molecular formula is C30H29FN8O4. The van der Waals surface area contributed by atoms with E-state index in [1.807, 2.05) is 36.1 Å². The number of anilines is 3. The molecule has 0 fully saturated rings. The molecule has 0 saturated carbocycles. The Morgan fingerprint density at radius 3 is 2.72 bits per heavy atom. The average molecular weight is 585 g/mol. The van der Waals surface area contributed by atoms with Gasteiger partial charge in [-0.05, 0) is 73.2 Å². The summed E-state index contributed by atoms with van der Waals surface area (Å²) in [6, 6.07) is 17.6. The third-order valence-electron chi connectivity index (χ3n) is 7.59. The lowest BCUT2D eigenvalue weighted by Gasteiger charge is -2.35. The van der Waals surface area contributed by atoms with Crippen LogP contribution in [0, 0.1) is 12.7 Å². The second kappa shape index (κ2) is 11.9. The van der Waals surface area contributed by atoms with Crippen LogP contribution in [-0.4, -0.2) is 51.6 Å². The fourth-order valence-corrected chi connectivity index (χ4v) is 5.42. The van der Waals surface area contributed by atoms with Gasteiger partial charge < -0.3 is 20.0 Å². The zero-order valence-corrected chi connectivity index (χ0v) is 23.4. The second-order valence-electron chi connectivity index (χ2n) is 10.4. The Bertz CT molecular complexity index is 1680. The van der Waals surface area contributed by atoms with Crippen molar-refractivity contribution in [2.24, 2.45) is 0 Å². The number of hydrogen-bond acceptors (Lipinski definition) is 8. The highest BCUT2D eigenvalue weighted by molar-refractivity contribution is 6.07. The summed E-state index contributed by atoms with van der Waals surface area (Å²) in [5, 5.41) is 17.1. The normalized spacial score (nSPS) is 14.6. The minimum Gasteiger partial charge on any atom is -0.321 e. The summed E-state index contributed by atoms with van der Waals surface area (Å²) < 4.78 is 14.9. The minimum absolute atomic E-state index is 0.0339. The van der Waals surface area contributed by atoms with Gasteiger partial charge in [-0.25, -0.2) is 9.18 Å². The number of hydroxylamine groups is 1. The lowest BCUT2D eigenvalue weighted by molar-refractivity contribution is -0.118. The Kier molecular flexibility index (Phi) is 7.69. The first-order chi connectivity index (χ1) is 20.9. The monoisotopic (exact) mass is 584 g/mol. The molecule has 0 atom stereocenters. The number of rotatable bonds is 6. The first kappa shape index (κ1) is 27.8. The molecule has 1 aromatic heterocycles. The zero-order chi connectivity index (χ0) is 29.9. The molecule has 4 aromatic rings. The van der Waals surface area contributed by atoms with Crippen molar-refractivity contribution in [3.05, 3.63) is 94.6 Å². The molecule has 0 aliphatic carbocycles. The number of carbonyl (C=O) groups excluding carboxylic acids is 3. The highest BCUT2D eigenvalue weighted by Gasteiger charge is 2.34. The number of carbonyl (C=O) groups is 3. The summed E-state index contributed by atoms with van der Waals surface area (Å²) in [5.74, 6) is -0.937. The molecule has 3 heterocycles. The third kappa shape index (κ3) is 5.73. The number of amides is 3. The summed E-state index contributed by atoms with van der Waals surface area (Å²) in [6.07, 6.45) is 2.04. The molecule has 220 valence electrons. The van der Waals surface area contributed by atoms with E-state index in [-0.39, 0.29) is 36.2 Å². The number of nitrogens with one attached hydrogen (secondary N) is 2. The van der Waals surface area contributed by atoms with Gasteiger partial charge in [-0.2, -0.15) is 10.3 Å². The van der Waals surface area contributed by atoms with Gasteiger partial charge in [0, 0.05) is 24.3 Å². The van der Waals surface area contributed by atoms with Crippen molar-refractivity contribution in [1.29, 1.82) is 0 Å². The molecule has 43 heavy (non-hydrogen) atoms. The average Bonchev–Trinajstić information content (AvgIpc) is 3.42. The van der Waals surface area contributed by atoms with Crippen LogP contribution in [0.3, 0.4) is 0 Å². The van der Waals surface area contributed by atoms with Crippen molar-refractivity contribution in [3.63, 3.8) is 0 Å². The third-order valence-corrected chi connectivity index (χ3v) is 7.59. The molecule has 0 radical (unpaired) electrons. The summed E-state index contributed by atoms with van der Waals surface area (Å²) >= 11 is 0. The number of H-pyrrole nitrogens is 1. The first-order valence-electron chi connectivity index (χ1n) is 13.9. The molecule has 0 unspecified atom stereocenters. The minimum atomic E-state index is -0.866. The lowest BCUT2D eigenvalue weighted by atomic mass is 10.0. The number of nitrogens with zero attached hydrogens (tertiary/aromatic N) is 6. The van der Waals surface area contributed by atoms with Crippen LogP contribution < -0.4 is 20.2 Å². The molecule has 6 rings (SSSR count). The summed E-state index contributed by atoms with van der Waals surface area (Å²) in [4.78, 5) is 47.7. The summed E-state index contributed by atoms with van der Waals surface area (Å²) in [5.41, 5.74) is 4.41. The molecule has 0 spiro atoms. The maximum Gasteiger partial charge on any atom is 0.431 e. The topological polar surface area (TPSA) is 137 Å². The van der Waals surface area contributed by atoms with Crippen LogP contribution in [0.2, 0.25) is 0 Å². The van der Waals surface area contributed by atoms with Crippen LogP contribution in [0.15, 0.2) is 60.7 Å². The van der Waals surface area contributed by atoms with Gasteiger partial charge in [0.25, 0.3) is 11.8 Å². The molecule has 0 saturated heterocycles. The Morgan fingerprint density at radius 2 is 1.91 bits per heavy atom. The van der Waals surface area contributed by atoms with Crippen LogP contribution in [0.5, 0.6) is 0 Å². The molecule has 0 bridgehead atoms. The number of aromatic nitrogens is 4. The fourth-order valence-electron chi connectivity index (χ4n) is 5.42. The van der Waals surface area contributed by atoms with Gasteiger partial charge in [-0.3, -0.25) is 9.59 Å². The molecule has 2 N–H and O–H groups in total. The predicted molar refractivity (Wildman–Crippen MR) is 155 cm³/mol. The maximum atomic E-state index is 14.9. The molecule has 2 aliphatic heterocycles. The van der Waals surface area contributed by atoms with Crippen LogP contribution in [-0.2, 0) is 29.1 Å². The van der Waals surface area contributed by atoms with E-state index in [9.17, 15) is 18.8 Å². The standard InChI is InChI=1S/C30H29FN8O4/c1-19-15-21(29(41)37-14-5-4-8-20-7-2-3-10-24(20)37)12-13-22(19)16-32-30(42)43-39-18-27(40)38(17-26-33-35-36-34-26)25-11-6-9-23(31)28(25)39/h2-3,6-7,9-13,15H,4-5,8,14,16-18H2,1H3,(H,32,42)(H,33,34,35,36). The van der Waals surface area contributed by atoms with Crippen LogP contribution in [0.4, 0.5) is 26.2 Å². The SMILES string of the molecule is Cc1cc(C(=O)N2CCCCc3ccccc32)ccc1CNC(=O)ON1CC(=O)N(Cc2nn[nH]n2)c2cccc(F)c21. The highest BCUT2D eigenvalue weighted by Crippen LogP contribution is 2.36. The molecule has 12 nitrogen and oxygen atoms in total. The number of fused-ring (bicyclic) bond motifs is 2. The van der Waals surface area contributed by atoms with Crippen molar-refractivity contribution in [3.8, 4) is 0 Å².